The van der Waals surface area contributed by atoms with E-state index in [4.69, 9.17) is 0 Å². The van der Waals surface area contributed by atoms with Crippen molar-refractivity contribution in [3.05, 3.63) is 74.8 Å². The molecule has 4 nitrogen and oxygen atoms in total. The summed E-state index contributed by atoms with van der Waals surface area (Å²) in [5, 5.41) is 21.1. The van der Waals surface area contributed by atoms with Gasteiger partial charge in [0.2, 0.25) is 0 Å². The molecule has 98 valence electrons. The molecule has 0 aliphatic carbocycles. The Balaban J connectivity index is 2.43. The van der Waals surface area contributed by atoms with E-state index in [0.717, 1.165) is 16.7 Å². The van der Waals surface area contributed by atoms with Crippen molar-refractivity contribution in [1.82, 2.24) is 0 Å². The van der Waals surface area contributed by atoms with Crippen LogP contribution in [-0.4, -0.2) is 10.0 Å². The lowest BCUT2D eigenvalue weighted by Crippen LogP contribution is -2.03. The summed E-state index contributed by atoms with van der Waals surface area (Å²) in [6, 6.07) is 11.9. The minimum Gasteiger partial charge on any atom is -0.384 e. The largest absolute Gasteiger partial charge is 0.384 e. The van der Waals surface area contributed by atoms with Crippen LogP contribution in [0, 0.1) is 24.0 Å². The van der Waals surface area contributed by atoms with Crippen LogP contribution in [0.25, 0.3) is 0 Å². The molecule has 0 saturated heterocycles. The third-order valence-corrected chi connectivity index (χ3v) is 3.13. The fraction of sp³-hybridized carbons (Fsp3) is 0.200. The number of hydrogen-bond donors (Lipinski definition) is 1. The highest BCUT2D eigenvalue weighted by atomic mass is 16.6. The summed E-state index contributed by atoms with van der Waals surface area (Å²) < 4.78 is 0. The molecule has 0 fully saturated rings. The van der Waals surface area contributed by atoms with Gasteiger partial charge in [0.25, 0.3) is 5.69 Å². The Kier molecular flexibility index (Phi) is 3.62. The summed E-state index contributed by atoms with van der Waals surface area (Å²) in [6.45, 7) is 3.86. The molecule has 1 N–H and O–H groups in total. The highest BCUT2D eigenvalue weighted by molar-refractivity contribution is 5.42. The third-order valence-electron chi connectivity index (χ3n) is 3.13. The first kappa shape index (κ1) is 13.2. The standard InChI is InChI=1S/C15H15NO3/c1-10-6-7-11(2)14(8-10)15(17)12-4-3-5-13(9-12)16(18)19/h3-9,15,17H,1-2H3. The van der Waals surface area contributed by atoms with Crippen LogP contribution in [0.2, 0.25) is 0 Å². The average Bonchev–Trinajstić information content (AvgIpc) is 2.41. The van der Waals surface area contributed by atoms with Gasteiger partial charge in [0, 0.05) is 12.1 Å². The zero-order chi connectivity index (χ0) is 14.0. The molecule has 0 aliphatic heterocycles. The Morgan fingerprint density at radius 1 is 1.16 bits per heavy atom. The van der Waals surface area contributed by atoms with Gasteiger partial charge in [-0.1, -0.05) is 35.9 Å². The van der Waals surface area contributed by atoms with Crippen molar-refractivity contribution in [2.75, 3.05) is 0 Å². The van der Waals surface area contributed by atoms with Crippen molar-refractivity contribution < 1.29 is 10.0 Å². The smallest absolute Gasteiger partial charge is 0.269 e. The van der Waals surface area contributed by atoms with Gasteiger partial charge in [0.15, 0.2) is 0 Å². The number of non-ortho nitro benzene ring substituents is 1. The lowest BCUT2D eigenvalue weighted by atomic mass is 9.95. The predicted molar refractivity (Wildman–Crippen MR) is 73.1 cm³/mol. The van der Waals surface area contributed by atoms with Gasteiger partial charge in [-0.2, -0.15) is 0 Å². The zero-order valence-electron chi connectivity index (χ0n) is 10.8. The monoisotopic (exact) mass is 257 g/mol. The predicted octanol–water partition coefficient (Wildman–Crippen LogP) is 3.29. The van der Waals surface area contributed by atoms with E-state index in [1.54, 1.807) is 12.1 Å². The van der Waals surface area contributed by atoms with Gasteiger partial charge in [0.1, 0.15) is 6.10 Å². The molecule has 4 heteroatoms. The fourth-order valence-corrected chi connectivity index (χ4v) is 2.04. The summed E-state index contributed by atoms with van der Waals surface area (Å²) in [4.78, 5) is 10.3. The maximum absolute atomic E-state index is 10.8. The normalized spacial score (nSPS) is 12.2. The quantitative estimate of drug-likeness (QED) is 0.677. The summed E-state index contributed by atoms with van der Waals surface area (Å²) in [6.07, 6.45) is -0.847. The van der Waals surface area contributed by atoms with E-state index in [2.05, 4.69) is 0 Å². The molecule has 0 saturated carbocycles. The average molecular weight is 257 g/mol. The van der Waals surface area contributed by atoms with Crippen molar-refractivity contribution >= 4 is 5.69 Å². The van der Waals surface area contributed by atoms with Gasteiger partial charge in [-0.15, -0.1) is 0 Å². The molecule has 2 aromatic carbocycles. The number of aliphatic hydroxyl groups is 1. The van der Waals surface area contributed by atoms with E-state index in [0.29, 0.717) is 5.56 Å². The SMILES string of the molecule is Cc1ccc(C)c(C(O)c2cccc([N+](=O)[O-])c2)c1. The lowest BCUT2D eigenvalue weighted by molar-refractivity contribution is -0.385. The van der Waals surface area contributed by atoms with Crippen LogP contribution in [-0.2, 0) is 0 Å². The lowest BCUT2D eigenvalue weighted by Gasteiger charge is -2.14. The first-order chi connectivity index (χ1) is 8.99. The van der Waals surface area contributed by atoms with E-state index in [9.17, 15) is 15.2 Å². The number of hydrogen-bond acceptors (Lipinski definition) is 3. The van der Waals surface area contributed by atoms with Crippen LogP contribution in [0.3, 0.4) is 0 Å². The van der Waals surface area contributed by atoms with E-state index in [-0.39, 0.29) is 5.69 Å². The summed E-state index contributed by atoms with van der Waals surface area (Å²) in [7, 11) is 0. The van der Waals surface area contributed by atoms with Crippen molar-refractivity contribution in [2.24, 2.45) is 0 Å². The Morgan fingerprint density at radius 3 is 2.58 bits per heavy atom. The molecule has 2 aromatic rings. The van der Waals surface area contributed by atoms with Crippen LogP contribution in [0.5, 0.6) is 0 Å². The second-order valence-corrected chi connectivity index (χ2v) is 4.61. The minimum absolute atomic E-state index is 0.0122. The molecular weight excluding hydrogens is 242 g/mol. The Labute approximate surface area is 111 Å². The molecule has 0 amide bonds. The maximum Gasteiger partial charge on any atom is 0.269 e. The number of aliphatic hydroxyl groups excluding tert-OH is 1. The second kappa shape index (κ2) is 5.20. The Hall–Kier alpha value is -2.20. The van der Waals surface area contributed by atoms with Crippen LogP contribution in [0.4, 0.5) is 5.69 Å². The second-order valence-electron chi connectivity index (χ2n) is 4.61. The molecule has 0 aromatic heterocycles. The maximum atomic E-state index is 10.8. The molecule has 19 heavy (non-hydrogen) atoms. The number of nitro groups is 1. The van der Waals surface area contributed by atoms with E-state index >= 15 is 0 Å². The fourth-order valence-electron chi connectivity index (χ4n) is 2.04. The van der Waals surface area contributed by atoms with E-state index in [1.165, 1.54) is 12.1 Å². The zero-order valence-corrected chi connectivity index (χ0v) is 10.8. The molecule has 0 aliphatic rings. The summed E-state index contributed by atoms with van der Waals surface area (Å²) in [5.41, 5.74) is 3.31. The molecule has 1 atom stereocenters. The Bertz CT molecular complexity index is 623. The number of aryl methyl sites for hydroxylation is 2. The molecule has 0 spiro atoms. The molecule has 0 radical (unpaired) electrons. The van der Waals surface area contributed by atoms with Crippen LogP contribution < -0.4 is 0 Å². The molecule has 0 heterocycles. The molecule has 0 bridgehead atoms. The number of nitrogens with zero attached hydrogens (tertiary/aromatic N) is 1. The van der Waals surface area contributed by atoms with E-state index < -0.39 is 11.0 Å². The molecule has 2 rings (SSSR count). The summed E-state index contributed by atoms with van der Waals surface area (Å²) >= 11 is 0. The minimum atomic E-state index is -0.847. The summed E-state index contributed by atoms with van der Waals surface area (Å²) in [5.74, 6) is 0. The van der Waals surface area contributed by atoms with Crippen molar-refractivity contribution in [3.8, 4) is 0 Å². The number of benzene rings is 2. The molecular formula is C15H15NO3. The van der Waals surface area contributed by atoms with Crippen LogP contribution >= 0.6 is 0 Å². The van der Waals surface area contributed by atoms with Gasteiger partial charge < -0.3 is 5.11 Å². The van der Waals surface area contributed by atoms with E-state index in [1.807, 2.05) is 32.0 Å². The van der Waals surface area contributed by atoms with Gasteiger partial charge in [-0.05, 0) is 30.5 Å². The van der Waals surface area contributed by atoms with Gasteiger partial charge in [0.05, 0.1) is 4.92 Å². The highest BCUT2D eigenvalue weighted by Crippen LogP contribution is 2.27. The van der Waals surface area contributed by atoms with Crippen molar-refractivity contribution in [3.63, 3.8) is 0 Å². The van der Waals surface area contributed by atoms with Crippen LogP contribution in [0.15, 0.2) is 42.5 Å². The topological polar surface area (TPSA) is 63.4 Å². The van der Waals surface area contributed by atoms with Crippen molar-refractivity contribution in [2.45, 2.75) is 20.0 Å². The number of rotatable bonds is 3. The van der Waals surface area contributed by atoms with Gasteiger partial charge in [-0.3, -0.25) is 10.1 Å². The van der Waals surface area contributed by atoms with Gasteiger partial charge >= 0.3 is 0 Å². The van der Waals surface area contributed by atoms with Crippen molar-refractivity contribution in [1.29, 1.82) is 0 Å². The first-order valence-electron chi connectivity index (χ1n) is 5.98. The number of nitro benzene ring substituents is 1. The van der Waals surface area contributed by atoms with Gasteiger partial charge in [-0.25, -0.2) is 0 Å². The highest BCUT2D eigenvalue weighted by Gasteiger charge is 2.16. The van der Waals surface area contributed by atoms with Crippen LogP contribution in [0.1, 0.15) is 28.4 Å². The molecule has 1 unspecified atom stereocenters. The third kappa shape index (κ3) is 2.80. The first-order valence-corrected chi connectivity index (χ1v) is 5.98. The Morgan fingerprint density at radius 2 is 1.89 bits per heavy atom.